The van der Waals surface area contributed by atoms with E-state index in [2.05, 4.69) is 19.4 Å². The number of alkyl halides is 9. The maximum absolute atomic E-state index is 13.5. The molecule has 0 radical (unpaired) electrons. The molecular formula is C60H47F9N6O13S8. The fourth-order valence-corrected chi connectivity index (χ4v) is 14.4. The van der Waals surface area contributed by atoms with Gasteiger partial charge in [0.2, 0.25) is 0 Å². The van der Waals surface area contributed by atoms with Gasteiger partial charge in [-0.15, -0.1) is 22.7 Å². The molecule has 3 N–H and O–H groups in total. The molecule has 0 atom stereocenters. The molecule has 0 aliphatic carbocycles. The lowest BCUT2D eigenvalue weighted by Gasteiger charge is -2.11. The lowest BCUT2D eigenvalue weighted by molar-refractivity contribution is -0.137. The van der Waals surface area contributed by atoms with Crippen LogP contribution in [0.15, 0.2) is 177 Å². The van der Waals surface area contributed by atoms with Gasteiger partial charge in [-0.25, -0.2) is 25.3 Å². The van der Waals surface area contributed by atoms with Gasteiger partial charge in [-0.05, 0) is 97.1 Å². The Hall–Kier alpha value is -8.39. The Morgan fingerprint density at radius 3 is 1.46 bits per heavy atom. The number of anilines is 3. The van der Waals surface area contributed by atoms with Gasteiger partial charge in [-0.2, -0.15) is 39.5 Å². The number of sulfonamides is 3. The summed E-state index contributed by atoms with van der Waals surface area (Å²) in [7, 11) is -10.9. The van der Waals surface area contributed by atoms with Crippen LogP contribution in [0.5, 0.6) is 0 Å². The van der Waals surface area contributed by atoms with Crippen molar-refractivity contribution >= 4 is 138 Å². The zero-order valence-electron chi connectivity index (χ0n) is 49.4. The highest BCUT2D eigenvalue weighted by atomic mass is 32.2. The minimum atomic E-state index is -4.78. The van der Waals surface area contributed by atoms with Crippen LogP contribution in [-0.2, 0) is 70.0 Å². The monoisotopic (exact) mass is 1490 g/mol. The number of ketones is 3. The van der Waals surface area contributed by atoms with Crippen molar-refractivity contribution in [1.82, 2.24) is 14.5 Å². The number of halogens is 9. The van der Waals surface area contributed by atoms with Gasteiger partial charge in [0, 0.05) is 74.9 Å². The van der Waals surface area contributed by atoms with Gasteiger partial charge >= 0.3 is 18.5 Å². The van der Waals surface area contributed by atoms with E-state index in [9.17, 15) is 93.5 Å². The number of carbonyl (C=O) groups is 6. The van der Waals surface area contributed by atoms with Gasteiger partial charge in [0.1, 0.15) is 26.6 Å². The molecule has 3 aromatic carbocycles. The number of hydrogen-bond acceptors (Lipinski definition) is 20. The quantitative estimate of drug-likeness (QED) is 0.0445. The lowest BCUT2D eigenvalue weighted by Crippen LogP contribution is -2.16. The number of thiophene rings is 2. The fraction of sp³-hybridized carbons (Fsp3) is 0.167. The van der Waals surface area contributed by atoms with Crippen molar-refractivity contribution in [1.29, 1.82) is 0 Å². The third kappa shape index (κ3) is 20.8. The van der Waals surface area contributed by atoms with Crippen molar-refractivity contribution in [3.8, 4) is 32.6 Å². The molecule has 0 saturated carbocycles. The zero-order valence-corrected chi connectivity index (χ0v) is 56.0. The van der Waals surface area contributed by atoms with E-state index in [1.807, 2.05) is 4.72 Å². The van der Waals surface area contributed by atoms with Crippen LogP contribution in [0, 0.1) is 0 Å². The molecule has 19 nitrogen and oxygen atoms in total. The number of nitrogens with one attached hydrogen (secondary N) is 3. The highest BCUT2D eigenvalue weighted by Gasteiger charge is 2.38. The Morgan fingerprint density at radius 2 is 0.990 bits per heavy atom. The number of pyridine rings is 2. The molecule has 506 valence electrons. The smallest absolute Gasteiger partial charge is 0.427 e. The van der Waals surface area contributed by atoms with Crippen LogP contribution in [0.3, 0.4) is 0 Å². The number of benzene rings is 3. The fourth-order valence-electron chi connectivity index (χ4n) is 7.89. The molecule has 0 unspecified atom stereocenters. The largest absolute Gasteiger partial charge is 0.461 e. The van der Waals surface area contributed by atoms with Crippen LogP contribution in [0.4, 0.5) is 56.6 Å². The topological polar surface area (TPSA) is 285 Å². The summed E-state index contributed by atoms with van der Waals surface area (Å²) in [6.07, 6.45) is -9.10. The Morgan fingerprint density at radius 1 is 0.500 bits per heavy atom. The van der Waals surface area contributed by atoms with Crippen LogP contribution in [0.25, 0.3) is 32.6 Å². The molecule has 96 heavy (non-hydrogen) atoms. The molecule has 0 spiro atoms. The lowest BCUT2D eigenvalue weighted by atomic mass is 10.1. The minimum Gasteiger partial charge on any atom is -0.461 e. The second-order valence-electron chi connectivity index (χ2n) is 19.6. The van der Waals surface area contributed by atoms with E-state index < -0.39 is 69.6 Å². The van der Waals surface area contributed by atoms with Crippen molar-refractivity contribution in [2.24, 2.45) is 7.05 Å². The Bertz CT molecular complexity index is 4690. The van der Waals surface area contributed by atoms with E-state index in [0.29, 0.717) is 38.8 Å². The van der Waals surface area contributed by atoms with E-state index in [1.54, 1.807) is 19.2 Å². The van der Waals surface area contributed by atoms with Crippen LogP contribution < -0.4 is 14.2 Å². The third-order valence-electron chi connectivity index (χ3n) is 12.4. The minimum absolute atomic E-state index is 0.0260. The first-order chi connectivity index (χ1) is 44.8. The average Bonchev–Trinajstić information content (AvgIpc) is 1.60. The van der Waals surface area contributed by atoms with Crippen molar-refractivity contribution < 1.29 is 98.0 Å². The van der Waals surface area contributed by atoms with Gasteiger partial charge in [0.15, 0.2) is 38.5 Å². The standard InChI is InChI=1S/C20H15F3N2O5S2.C20H17F3N2O4S3.C20H15F3N2O4S3/c1-12(26)31-11-18(27)13-2-4-15(5-3-13)25-32(28,29)16-9-19(30-10-16)17-8-14(6-7-24-17)20(21,22)23;1-12(26)30-11-17(27)13-3-5-15(6-4-13)32(28,29)24-14-9-16(25(2)10-14)18-7-8-19(31-18)20(21,22)23;1-12(26)30-11-17(27)13-5-7-14(8-6-13)32(28,29)25-16-10-18(15-4-2-3-9-24-15)31-19(16)20(21,22)23/h2-10,25H,11H2,1H3;3-10,24H,11H2,1-2H3;2-10,25H,11H2,1H3. The van der Waals surface area contributed by atoms with E-state index >= 15 is 0 Å². The van der Waals surface area contributed by atoms with Gasteiger partial charge in [-0.3, -0.25) is 52.9 Å². The molecule has 0 fully saturated rings. The molecular weight excluding hydrogens is 1440 g/mol. The summed E-state index contributed by atoms with van der Waals surface area (Å²) >= 11 is 3.51. The second kappa shape index (κ2) is 31.2. The van der Waals surface area contributed by atoms with Crippen molar-refractivity contribution in [3.63, 3.8) is 0 Å². The molecule has 0 aliphatic heterocycles. The maximum Gasteiger partial charge on any atom is 0.427 e. The van der Waals surface area contributed by atoms with Crippen molar-refractivity contribution in [2.75, 3.05) is 31.4 Å². The summed E-state index contributed by atoms with van der Waals surface area (Å²) in [5, 5.41) is -0.619. The number of carbonyl (C=O) groups excluding carboxylic acids is 6. The first-order valence-corrected chi connectivity index (χ1v) is 35.8. The van der Waals surface area contributed by atoms with Crippen LogP contribution in [0.2, 0.25) is 0 Å². The van der Waals surface area contributed by atoms with E-state index in [0.717, 1.165) is 90.2 Å². The molecule has 6 heterocycles. The van der Waals surface area contributed by atoms with Gasteiger partial charge in [0.05, 0.1) is 65.1 Å². The van der Waals surface area contributed by atoms with Crippen molar-refractivity contribution in [3.05, 3.63) is 190 Å². The predicted molar refractivity (Wildman–Crippen MR) is 347 cm³/mol. The Balaban J connectivity index is 0.000000203. The summed E-state index contributed by atoms with van der Waals surface area (Å²) in [6, 6.07) is 27.7. The third-order valence-corrected chi connectivity index (χ3v) is 21.3. The molecule has 0 bridgehead atoms. The van der Waals surface area contributed by atoms with Gasteiger partial charge < -0.3 is 8.98 Å². The molecule has 6 aromatic heterocycles. The normalized spacial score (nSPS) is 11.9. The summed E-state index contributed by atoms with van der Waals surface area (Å²) in [6.45, 7) is 4.01. The van der Waals surface area contributed by atoms with E-state index in [1.165, 1.54) is 117 Å². The SMILES string of the molecule is CC(=O)SCC(=O)c1ccc(NS(=O)(=O)c2coc(-c3cc(C(F)(F)F)ccn3)c2)cc1.CC(=O)SCC(=O)c1ccc(S(=O)(=O)Nc2cc(-c3ccc(C(F)(F)F)s3)n(C)c2)cc1.CC(=O)SCC(=O)c1ccc(S(=O)(=O)Nc2cc(-c3ccccn3)sc2C(F)(F)F)cc1. The Labute approximate surface area is 561 Å². The number of aromatic nitrogens is 3. The highest BCUT2D eigenvalue weighted by Crippen LogP contribution is 2.45. The number of rotatable bonds is 21. The first kappa shape index (κ1) is 75.0. The average molecular weight is 1490 g/mol. The molecule has 0 aliphatic rings. The molecule has 36 heteroatoms. The van der Waals surface area contributed by atoms with Gasteiger partial charge in [-0.1, -0.05) is 65.6 Å². The van der Waals surface area contributed by atoms with Crippen LogP contribution >= 0.6 is 58.0 Å². The summed E-state index contributed by atoms with van der Waals surface area (Å²) in [4.78, 5) is 74.7. The molecule has 9 rings (SSSR count). The van der Waals surface area contributed by atoms with Crippen molar-refractivity contribution in [2.45, 2.75) is 54.0 Å². The van der Waals surface area contributed by atoms with E-state index in [-0.39, 0.29) is 109 Å². The summed E-state index contributed by atoms with van der Waals surface area (Å²) < 4.78 is 207. The van der Waals surface area contributed by atoms with Crippen LogP contribution in [-0.4, -0.2) is 89.7 Å². The number of hydrogen-bond donors (Lipinski definition) is 3. The molecule has 0 amide bonds. The highest BCUT2D eigenvalue weighted by molar-refractivity contribution is 8.14. The van der Waals surface area contributed by atoms with Gasteiger partial charge in [0.25, 0.3) is 30.1 Å². The maximum atomic E-state index is 13.5. The second-order valence-corrected chi connectivity index (χ2v) is 30.2. The summed E-state index contributed by atoms with van der Waals surface area (Å²) in [5.41, 5.74) is 0.0731. The number of nitrogens with zero attached hydrogens (tertiary/aromatic N) is 3. The predicted octanol–water partition coefficient (Wildman–Crippen LogP) is 14.8. The number of Topliss-reactive ketones (excluding diaryl/α,β-unsaturated/α-hetero) is 3. The van der Waals surface area contributed by atoms with Crippen LogP contribution in [0.1, 0.15) is 67.2 Å². The number of thioether (sulfide) groups is 3. The first-order valence-electron chi connectivity index (χ1n) is 26.8. The molecule has 9 aromatic rings. The number of aryl methyl sites for hydroxylation is 1. The Kier molecular flexibility index (Phi) is 24.4. The molecule has 0 saturated heterocycles. The van der Waals surface area contributed by atoms with E-state index in [4.69, 9.17) is 4.42 Å². The number of furan rings is 1. The zero-order chi connectivity index (χ0) is 70.7. The summed E-state index contributed by atoms with van der Waals surface area (Å²) in [5.74, 6) is -1.27.